The first-order valence-electron chi connectivity index (χ1n) is 9.57. The summed E-state index contributed by atoms with van der Waals surface area (Å²) in [6, 6.07) is 8.65. The quantitative estimate of drug-likeness (QED) is 0.133. The number of aryl methyl sites for hydroxylation is 3. The lowest BCUT2D eigenvalue weighted by atomic mass is 10.3. The topological polar surface area (TPSA) is 94.7 Å². The molecule has 0 saturated carbocycles. The van der Waals surface area contributed by atoms with Crippen molar-refractivity contribution in [2.45, 2.75) is 28.2 Å². The molecule has 0 atom stereocenters. The molecule has 4 rings (SSSR count). The van der Waals surface area contributed by atoms with Crippen molar-refractivity contribution >= 4 is 5.82 Å². The zero-order chi connectivity index (χ0) is 25.5. The van der Waals surface area contributed by atoms with Crippen molar-refractivity contribution < 1.29 is 22.5 Å². The molecule has 35 heavy (non-hydrogen) atoms. The number of nitro groups is 1. The summed E-state index contributed by atoms with van der Waals surface area (Å²) in [6.45, 7) is 5.07. The lowest BCUT2D eigenvalue weighted by molar-refractivity contribution is -0.392. The van der Waals surface area contributed by atoms with Crippen LogP contribution in [0, 0.1) is 54.3 Å². The molecule has 0 radical (unpaired) electrons. The number of hydrogen-bond acceptors (Lipinski definition) is 6. The van der Waals surface area contributed by atoms with E-state index in [-0.39, 0.29) is 25.0 Å². The van der Waals surface area contributed by atoms with E-state index in [1.54, 1.807) is 45.2 Å². The van der Waals surface area contributed by atoms with Gasteiger partial charge in [-0.25, -0.2) is 13.8 Å². The minimum absolute atomic E-state index is 0. The van der Waals surface area contributed by atoms with Crippen molar-refractivity contribution in [2.75, 3.05) is 0 Å². The number of aromatic nitrogens is 4. The Kier molecular flexibility index (Phi) is 14.4. The lowest BCUT2D eigenvalue weighted by Gasteiger charge is -1.89. The van der Waals surface area contributed by atoms with Gasteiger partial charge < -0.3 is 10.1 Å². The number of rotatable bonds is 1. The van der Waals surface area contributed by atoms with E-state index >= 15 is 0 Å². The maximum Gasteiger partial charge on any atom is 0.399 e. The third kappa shape index (κ3) is 11.9. The van der Waals surface area contributed by atoms with Crippen molar-refractivity contribution in [2.24, 2.45) is 0 Å². The monoisotopic (exact) mass is 491 g/mol. The fourth-order valence-electron chi connectivity index (χ4n) is 1.88. The Labute approximate surface area is 200 Å². The van der Waals surface area contributed by atoms with Crippen LogP contribution in [0.4, 0.5) is 23.4 Å². The van der Waals surface area contributed by atoms with Crippen LogP contribution in [0.3, 0.4) is 0 Å². The van der Waals surface area contributed by atoms with Crippen molar-refractivity contribution in [3.05, 3.63) is 124 Å². The fraction of sp³-hybridized carbons (Fsp3) is 0.167. The van der Waals surface area contributed by atoms with E-state index in [9.17, 15) is 27.7 Å². The Morgan fingerprint density at radius 1 is 0.686 bits per heavy atom. The van der Waals surface area contributed by atoms with E-state index in [4.69, 9.17) is 0 Å². The summed E-state index contributed by atoms with van der Waals surface area (Å²) >= 11 is 0. The van der Waals surface area contributed by atoms with E-state index < -0.39 is 16.6 Å². The molecule has 4 heterocycles. The molecule has 0 amide bonds. The first-order chi connectivity index (χ1) is 16.1. The van der Waals surface area contributed by atoms with Crippen LogP contribution in [0.1, 0.15) is 24.1 Å². The van der Waals surface area contributed by atoms with Gasteiger partial charge in [-0.05, 0) is 66.6 Å². The third-order valence-corrected chi connectivity index (χ3v) is 3.78. The van der Waals surface area contributed by atoms with Crippen molar-refractivity contribution in [1.29, 1.82) is 0 Å². The van der Waals surface area contributed by atoms with Crippen molar-refractivity contribution in [3.8, 4) is 0 Å². The van der Waals surface area contributed by atoms with Crippen LogP contribution in [-0.2, 0) is 0 Å². The molecular formula is C24H25F4N5O2. The summed E-state index contributed by atoms with van der Waals surface area (Å²) < 4.78 is 49.1. The van der Waals surface area contributed by atoms with Crippen LogP contribution in [0.2, 0.25) is 0 Å². The second kappa shape index (κ2) is 16.4. The van der Waals surface area contributed by atoms with Gasteiger partial charge in [-0.1, -0.05) is 13.5 Å². The highest BCUT2D eigenvalue weighted by molar-refractivity contribution is 5.19. The summed E-state index contributed by atoms with van der Waals surface area (Å²) in [5, 5.41) is 9.92. The molecule has 0 aliphatic carbocycles. The normalized spacial score (nSPS) is 9.00. The highest BCUT2D eigenvalue weighted by atomic mass is 19.1. The molecule has 0 aliphatic rings. The van der Waals surface area contributed by atoms with Crippen molar-refractivity contribution in [1.82, 2.24) is 19.9 Å². The fourth-order valence-corrected chi connectivity index (χ4v) is 1.88. The van der Waals surface area contributed by atoms with Gasteiger partial charge in [0.2, 0.25) is 11.8 Å². The van der Waals surface area contributed by atoms with Crippen LogP contribution >= 0.6 is 0 Å². The average Bonchev–Trinajstić information content (AvgIpc) is 2.81. The molecule has 0 fully saturated rings. The van der Waals surface area contributed by atoms with Crippen molar-refractivity contribution in [3.63, 3.8) is 0 Å². The Bertz CT molecular complexity index is 1030. The molecule has 4 aromatic heterocycles. The highest BCUT2D eigenvalue weighted by Crippen LogP contribution is 2.10. The lowest BCUT2D eigenvalue weighted by Crippen LogP contribution is -1.94. The van der Waals surface area contributed by atoms with Gasteiger partial charge in [0.15, 0.2) is 0 Å². The Morgan fingerprint density at radius 3 is 1.66 bits per heavy atom. The zero-order valence-corrected chi connectivity index (χ0v) is 18.5. The smallest absolute Gasteiger partial charge is 0.358 e. The van der Waals surface area contributed by atoms with Gasteiger partial charge in [-0.2, -0.15) is 8.78 Å². The molecule has 186 valence electrons. The first-order valence-corrected chi connectivity index (χ1v) is 9.57. The van der Waals surface area contributed by atoms with Gasteiger partial charge in [0.05, 0.1) is 6.20 Å². The molecule has 0 aromatic carbocycles. The van der Waals surface area contributed by atoms with Gasteiger partial charge in [-0.15, -0.1) is 0 Å². The van der Waals surface area contributed by atoms with Crippen LogP contribution < -0.4 is 0 Å². The minimum Gasteiger partial charge on any atom is -0.358 e. The van der Waals surface area contributed by atoms with Crippen LogP contribution in [-0.4, -0.2) is 24.9 Å². The van der Waals surface area contributed by atoms with Gasteiger partial charge >= 0.3 is 5.82 Å². The zero-order valence-electron chi connectivity index (χ0n) is 18.5. The summed E-state index contributed by atoms with van der Waals surface area (Å²) in [5.41, 5.74) is 1.82. The molecule has 7 nitrogen and oxygen atoms in total. The maximum atomic E-state index is 12.3. The average molecular weight is 491 g/mol. The third-order valence-electron chi connectivity index (χ3n) is 3.78. The molecule has 0 spiro atoms. The molecule has 0 N–H and O–H groups in total. The minimum atomic E-state index is -0.910. The predicted molar refractivity (Wildman–Crippen MR) is 124 cm³/mol. The van der Waals surface area contributed by atoms with E-state index in [0.29, 0.717) is 16.7 Å². The SMILES string of the molecule is C.Cc1cccnc1F.Cc1ccncc1F.Cc1cnccc1F.O=[N+]([O-])c1ncccc1F. The van der Waals surface area contributed by atoms with Crippen LogP contribution in [0.5, 0.6) is 0 Å². The maximum absolute atomic E-state index is 12.3. The molecular weight excluding hydrogens is 466 g/mol. The van der Waals surface area contributed by atoms with Gasteiger partial charge in [0.25, 0.3) is 0 Å². The molecule has 0 bridgehead atoms. The van der Waals surface area contributed by atoms with E-state index in [1.807, 2.05) is 0 Å². The second-order valence-corrected chi connectivity index (χ2v) is 6.43. The summed E-state index contributed by atoms with van der Waals surface area (Å²) in [6.07, 6.45) is 8.30. The van der Waals surface area contributed by atoms with E-state index in [2.05, 4.69) is 19.9 Å². The highest BCUT2D eigenvalue weighted by Gasteiger charge is 2.12. The van der Waals surface area contributed by atoms with Gasteiger partial charge in [0.1, 0.15) is 17.8 Å². The van der Waals surface area contributed by atoms with Gasteiger partial charge in [-0.3, -0.25) is 9.97 Å². The molecule has 11 heteroatoms. The molecule has 0 unspecified atom stereocenters. The number of pyridine rings is 4. The Balaban J connectivity index is 0.000000438. The second-order valence-electron chi connectivity index (χ2n) is 6.43. The summed E-state index contributed by atoms with van der Waals surface area (Å²) in [4.78, 5) is 23.0. The Hall–Kier alpha value is -4.28. The molecule has 4 aromatic rings. The standard InChI is InChI=1S/3C6H6FN.C5H3FN2O2.CH4/c1-5-4-8-3-2-6(5)7;1-5-2-3-8-4-6(5)7;1-5-3-2-4-8-6(5)7;6-4-2-1-3-7-5(4)8(9)10;/h3*2-4H,1H3;1-3H;1H4. The summed E-state index contributed by atoms with van der Waals surface area (Å²) in [7, 11) is 0. The van der Waals surface area contributed by atoms with Crippen LogP contribution in [0.25, 0.3) is 0 Å². The number of nitrogens with zero attached hydrogens (tertiary/aromatic N) is 5. The largest absolute Gasteiger partial charge is 0.399 e. The molecule has 0 saturated heterocycles. The van der Waals surface area contributed by atoms with E-state index in [0.717, 1.165) is 6.07 Å². The number of halogens is 4. The van der Waals surface area contributed by atoms with E-state index in [1.165, 1.54) is 43.1 Å². The van der Waals surface area contributed by atoms with Gasteiger partial charge in [0, 0.05) is 35.9 Å². The first kappa shape index (κ1) is 30.7. The van der Waals surface area contributed by atoms with Crippen LogP contribution in [0.15, 0.2) is 73.6 Å². The number of hydrogen-bond donors (Lipinski definition) is 0. The Morgan fingerprint density at radius 2 is 1.29 bits per heavy atom. The summed E-state index contributed by atoms with van der Waals surface area (Å²) in [5.74, 6) is -2.46. The molecule has 0 aliphatic heterocycles. The predicted octanol–water partition coefficient (Wildman–Crippen LogP) is 6.35.